The molecule has 2 aromatic rings. The van der Waals surface area contributed by atoms with Gasteiger partial charge in [-0.05, 0) is 43.3 Å². The molecule has 0 spiro atoms. The number of hydrogen-bond donors (Lipinski definition) is 1. The maximum Gasteiger partial charge on any atom is 1.00 e. The maximum absolute atomic E-state index is 12.7. The molecule has 17 heteroatoms. The molecule has 2 aromatic carbocycles. The standard InChI is InChI=1S/C18H21F2NO5.C16H17F2NO5.K.H2.H/c1-4-26-18(23)16-12(7-15(19)20)10-21(17(16)22)9-11-5-6-13(24-2)8-14(11)25-3;1-23-11-4-3-9(12(6-11)24-2)7-19-8-10(5-13(17)18)14(15(19)20)16(21)22;;;/h5-8,12,16H,4,9-10H2,1-3H3;3-6,10,14H,7-8H2,1-2H3,(H,21,22);;1H;/q;;+1;;-1. The number of carbonyl (C=O) groups is 4. The van der Waals surface area contributed by atoms with E-state index in [1.54, 1.807) is 43.3 Å². The molecule has 2 fully saturated rings. The SMILES string of the molecule is CCOC(=O)C1C(=O)N(Cc2ccc(OC)cc2OC)CC1C=C(F)F.COc1ccc(CN2CC(C=C(F)F)C(C(=O)O)C2=O)c(OC)c1.[H-].[HH].[K+]. The Morgan fingerprint density at radius 1 is 0.784 bits per heavy atom. The van der Waals surface area contributed by atoms with Gasteiger partial charge in [0.2, 0.25) is 11.8 Å². The minimum atomic E-state index is -2.00. The summed E-state index contributed by atoms with van der Waals surface area (Å²) in [5.74, 6) is -6.08. The fourth-order valence-corrected chi connectivity index (χ4v) is 5.74. The van der Waals surface area contributed by atoms with Crippen LogP contribution in [0.1, 0.15) is 20.9 Å². The molecule has 0 radical (unpaired) electrons. The first-order valence-electron chi connectivity index (χ1n) is 15.2. The van der Waals surface area contributed by atoms with E-state index in [9.17, 15) is 36.7 Å². The van der Waals surface area contributed by atoms with Crippen LogP contribution in [0.5, 0.6) is 23.0 Å². The Kier molecular flexibility index (Phi) is 17.4. The largest absolute Gasteiger partial charge is 1.00 e. The van der Waals surface area contributed by atoms with Crippen LogP contribution in [0.2, 0.25) is 0 Å². The summed E-state index contributed by atoms with van der Waals surface area (Å²) in [4.78, 5) is 50.8. The molecule has 4 unspecified atom stereocenters. The van der Waals surface area contributed by atoms with Crippen molar-refractivity contribution in [1.82, 2.24) is 9.80 Å². The van der Waals surface area contributed by atoms with Crippen LogP contribution in [-0.4, -0.2) is 86.8 Å². The molecular weight excluding hydrogens is 711 g/mol. The summed E-state index contributed by atoms with van der Waals surface area (Å²) < 4.78 is 76.1. The van der Waals surface area contributed by atoms with Crippen molar-refractivity contribution in [3.8, 4) is 23.0 Å². The van der Waals surface area contributed by atoms with Gasteiger partial charge in [0, 0.05) is 62.7 Å². The van der Waals surface area contributed by atoms with Crippen LogP contribution in [0.3, 0.4) is 0 Å². The molecule has 2 aliphatic rings. The summed E-state index contributed by atoms with van der Waals surface area (Å²) in [6.45, 7) is 1.76. The van der Waals surface area contributed by atoms with Gasteiger partial charge in [0.15, 0.2) is 0 Å². The van der Waals surface area contributed by atoms with Gasteiger partial charge in [-0.15, -0.1) is 0 Å². The summed E-state index contributed by atoms with van der Waals surface area (Å²) >= 11 is 0. The second kappa shape index (κ2) is 20.4. The molecule has 2 saturated heterocycles. The molecule has 0 aromatic heterocycles. The minimum Gasteiger partial charge on any atom is -1.00 e. The number of hydrogen-bond acceptors (Lipinski definition) is 9. The van der Waals surface area contributed by atoms with Gasteiger partial charge in [-0.3, -0.25) is 19.2 Å². The smallest absolute Gasteiger partial charge is 1.00 e. The number of halogens is 4. The fraction of sp³-hybridized carbons (Fsp3) is 0.412. The average molecular weight is 753 g/mol. The monoisotopic (exact) mass is 752 g/mol. The molecule has 1 N–H and O–H groups in total. The van der Waals surface area contributed by atoms with Crippen LogP contribution in [0, 0.1) is 23.7 Å². The zero-order valence-corrected chi connectivity index (χ0v) is 32.1. The maximum atomic E-state index is 12.7. The van der Waals surface area contributed by atoms with Gasteiger partial charge in [-0.1, -0.05) is 0 Å². The molecule has 4 rings (SSSR count). The fourth-order valence-electron chi connectivity index (χ4n) is 5.74. The van der Waals surface area contributed by atoms with Crippen molar-refractivity contribution in [2.24, 2.45) is 23.7 Å². The number of ether oxygens (including phenoxy) is 5. The van der Waals surface area contributed by atoms with E-state index in [1.165, 1.54) is 38.2 Å². The third-order valence-electron chi connectivity index (χ3n) is 8.07. The van der Waals surface area contributed by atoms with Gasteiger partial charge >= 0.3 is 63.3 Å². The summed E-state index contributed by atoms with van der Waals surface area (Å²) in [6.07, 6.45) is -2.75. The molecule has 2 amide bonds. The zero-order valence-electron chi connectivity index (χ0n) is 30.0. The van der Waals surface area contributed by atoms with Crippen LogP contribution in [0.4, 0.5) is 17.6 Å². The van der Waals surface area contributed by atoms with E-state index in [4.69, 9.17) is 28.8 Å². The first-order valence-corrected chi connectivity index (χ1v) is 15.2. The van der Waals surface area contributed by atoms with Crippen LogP contribution in [0.25, 0.3) is 0 Å². The van der Waals surface area contributed by atoms with Crippen molar-refractivity contribution < 1.29 is 120 Å². The van der Waals surface area contributed by atoms with Gasteiger partial charge in [0.05, 0.1) is 35.0 Å². The number of carbonyl (C=O) groups excluding carboxylic acids is 3. The van der Waals surface area contributed by atoms with Crippen LogP contribution < -0.4 is 70.3 Å². The summed E-state index contributed by atoms with van der Waals surface area (Å²) in [7, 11) is 5.95. The second-order valence-corrected chi connectivity index (χ2v) is 11.1. The molecule has 12 nitrogen and oxygen atoms in total. The van der Waals surface area contributed by atoms with Crippen molar-refractivity contribution in [2.75, 3.05) is 48.1 Å². The number of amides is 2. The van der Waals surface area contributed by atoms with Crippen molar-refractivity contribution in [3.05, 3.63) is 71.8 Å². The van der Waals surface area contributed by atoms with Gasteiger partial charge in [-0.2, -0.15) is 17.6 Å². The average Bonchev–Trinajstić information content (AvgIpc) is 3.54. The number of nitrogens with zero attached hydrogens (tertiary/aromatic N) is 2. The van der Waals surface area contributed by atoms with Crippen LogP contribution in [0.15, 0.2) is 60.7 Å². The molecule has 51 heavy (non-hydrogen) atoms. The molecule has 0 bridgehead atoms. The number of likely N-dealkylation sites (tertiary alicyclic amines) is 2. The third-order valence-corrected chi connectivity index (χ3v) is 8.07. The number of esters is 1. The number of carboxylic acids is 1. The number of benzene rings is 2. The minimum absolute atomic E-state index is 0. The van der Waals surface area contributed by atoms with E-state index in [1.807, 2.05) is 0 Å². The Balaban J connectivity index is 0.000000968. The van der Waals surface area contributed by atoms with Gasteiger partial charge in [0.1, 0.15) is 34.8 Å². The van der Waals surface area contributed by atoms with E-state index in [0.717, 1.165) is 0 Å². The summed E-state index contributed by atoms with van der Waals surface area (Å²) in [6, 6.07) is 10.1. The number of carboxylic acid groups (broad SMARTS) is 1. The molecule has 2 aliphatic heterocycles. The first kappa shape index (κ1) is 43.5. The third kappa shape index (κ3) is 11.4. The molecular formula is C34H41F4KN2O10. The van der Waals surface area contributed by atoms with E-state index in [0.29, 0.717) is 46.3 Å². The van der Waals surface area contributed by atoms with Crippen molar-refractivity contribution in [2.45, 2.75) is 20.0 Å². The molecule has 4 atom stereocenters. The van der Waals surface area contributed by atoms with Crippen molar-refractivity contribution in [3.63, 3.8) is 0 Å². The number of rotatable bonds is 13. The number of methoxy groups -OCH3 is 4. The van der Waals surface area contributed by atoms with E-state index < -0.39 is 59.6 Å². The Bertz CT molecular complexity index is 1630. The predicted octanol–water partition coefficient (Wildman–Crippen LogP) is 2.13. The van der Waals surface area contributed by atoms with Gasteiger partial charge in [-0.25, -0.2) is 0 Å². The summed E-state index contributed by atoms with van der Waals surface area (Å²) in [5.41, 5.74) is 1.30. The summed E-state index contributed by atoms with van der Waals surface area (Å²) in [5, 5.41) is 9.16. The van der Waals surface area contributed by atoms with Gasteiger partial charge in [0.25, 0.3) is 12.2 Å². The molecule has 0 aliphatic carbocycles. The Morgan fingerprint density at radius 3 is 1.55 bits per heavy atom. The first-order chi connectivity index (χ1) is 23.8. The van der Waals surface area contributed by atoms with Crippen LogP contribution >= 0.6 is 0 Å². The predicted molar refractivity (Wildman–Crippen MR) is 172 cm³/mol. The second-order valence-electron chi connectivity index (χ2n) is 11.1. The molecule has 0 saturated carbocycles. The zero-order chi connectivity index (χ0) is 37.1. The van der Waals surface area contributed by atoms with Crippen LogP contribution in [-0.2, 0) is 37.0 Å². The topological polar surface area (TPSA) is 141 Å². The Morgan fingerprint density at radius 2 is 1.20 bits per heavy atom. The molecule has 276 valence electrons. The van der Waals surface area contributed by atoms with E-state index >= 15 is 0 Å². The Labute approximate surface area is 337 Å². The van der Waals surface area contributed by atoms with E-state index in [-0.39, 0.29) is 87.0 Å². The van der Waals surface area contributed by atoms with Crippen molar-refractivity contribution >= 4 is 23.8 Å². The number of aliphatic carboxylic acids is 1. The van der Waals surface area contributed by atoms with Gasteiger partial charge < -0.3 is 40.0 Å². The van der Waals surface area contributed by atoms with E-state index in [2.05, 4.69) is 0 Å². The normalized spacial score (nSPS) is 19.2. The molecule has 2 heterocycles. The quantitative estimate of drug-likeness (QED) is 0.140. The van der Waals surface area contributed by atoms with Crippen molar-refractivity contribution in [1.29, 1.82) is 0 Å². The Hall–Kier alpha value is -3.64.